The highest BCUT2D eigenvalue weighted by Crippen LogP contribution is 2.59. The van der Waals surface area contributed by atoms with Gasteiger partial charge >= 0.3 is 0 Å². The number of rotatable bonds is 5. The fraction of sp³-hybridized carbons (Fsp3) is 0.360. The van der Waals surface area contributed by atoms with Crippen molar-refractivity contribution in [3.63, 3.8) is 0 Å². The maximum Gasteiger partial charge on any atom is 0.266 e. The Kier molecular flexibility index (Phi) is 3.91. The van der Waals surface area contributed by atoms with Gasteiger partial charge in [0.1, 0.15) is 10.6 Å². The van der Waals surface area contributed by atoms with Crippen LogP contribution in [-0.4, -0.2) is 32.6 Å². The Labute approximate surface area is 196 Å². The first-order chi connectivity index (χ1) is 16.4. The molecule has 3 aromatic rings. The fourth-order valence-electron chi connectivity index (χ4n) is 5.76. The quantitative estimate of drug-likeness (QED) is 0.599. The maximum atomic E-state index is 13.2. The number of sulfonamides is 1. The summed E-state index contributed by atoms with van der Waals surface area (Å²) >= 11 is 0. The summed E-state index contributed by atoms with van der Waals surface area (Å²) in [6, 6.07) is 13.0. The van der Waals surface area contributed by atoms with Gasteiger partial charge in [0, 0.05) is 34.7 Å². The zero-order valence-corrected chi connectivity index (χ0v) is 19.4. The van der Waals surface area contributed by atoms with Crippen LogP contribution in [0.4, 0.5) is 11.5 Å². The van der Waals surface area contributed by atoms with Gasteiger partial charge in [0.25, 0.3) is 10.0 Å². The zero-order valence-electron chi connectivity index (χ0n) is 18.6. The van der Waals surface area contributed by atoms with E-state index in [1.54, 1.807) is 18.2 Å². The molecule has 0 radical (unpaired) electrons. The summed E-state index contributed by atoms with van der Waals surface area (Å²) in [6.07, 6.45) is 4.39. The van der Waals surface area contributed by atoms with E-state index >= 15 is 0 Å². The highest BCUT2D eigenvalue weighted by atomic mass is 32.2. The summed E-state index contributed by atoms with van der Waals surface area (Å²) in [5.41, 5.74) is 3.71. The van der Waals surface area contributed by atoms with E-state index in [1.807, 2.05) is 17.0 Å². The molecule has 0 bridgehead atoms. The Hall–Kier alpha value is -3.33. The summed E-state index contributed by atoms with van der Waals surface area (Å²) in [5.74, 6) is 1.69. The monoisotopic (exact) mass is 477 g/mol. The van der Waals surface area contributed by atoms with E-state index in [0.717, 1.165) is 36.1 Å². The second-order valence-corrected chi connectivity index (χ2v) is 11.5. The van der Waals surface area contributed by atoms with Crippen LogP contribution in [0.2, 0.25) is 0 Å². The van der Waals surface area contributed by atoms with Gasteiger partial charge < -0.3 is 14.2 Å². The molecule has 1 aromatic heterocycles. The van der Waals surface area contributed by atoms with E-state index in [2.05, 4.69) is 15.9 Å². The highest BCUT2D eigenvalue weighted by Gasteiger charge is 2.53. The number of carbonyl (C=O) groups is 1. The number of fused-ring (bicyclic) bond motifs is 5. The Morgan fingerprint density at radius 2 is 2.03 bits per heavy atom. The number of hydrogen-bond donors (Lipinski definition) is 1. The molecule has 4 aliphatic rings. The number of nitrogens with one attached hydrogen (secondary N) is 1. The van der Waals surface area contributed by atoms with Crippen molar-refractivity contribution in [2.75, 3.05) is 16.7 Å². The number of carbonyl (C=O) groups excluding carboxylic acids is 1. The van der Waals surface area contributed by atoms with Crippen LogP contribution in [0.25, 0.3) is 11.3 Å². The van der Waals surface area contributed by atoms with E-state index < -0.39 is 10.0 Å². The Balaban J connectivity index is 1.30. The van der Waals surface area contributed by atoms with Gasteiger partial charge in [-0.25, -0.2) is 8.42 Å². The molecule has 1 spiro atoms. The molecule has 174 valence electrons. The average Bonchev–Trinajstić information content (AvgIpc) is 3.71. The smallest absolute Gasteiger partial charge is 0.266 e. The summed E-state index contributed by atoms with van der Waals surface area (Å²) in [6.45, 7) is 0. The first-order valence-corrected chi connectivity index (χ1v) is 13.0. The molecule has 1 amide bonds. The first-order valence-electron chi connectivity index (χ1n) is 11.5. The topological polar surface area (TPSA) is 102 Å². The number of aromatic nitrogens is 1. The van der Waals surface area contributed by atoms with Crippen molar-refractivity contribution >= 4 is 27.4 Å². The average molecular weight is 478 g/mol. The van der Waals surface area contributed by atoms with E-state index in [1.165, 1.54) is 18.7 Å². The van der Waals surface area contributed by atoms with Gasteiger partial charge in [0.15, 0.2) is 11.6 Å². The molecule has 34 heavy (non-hydrogen) atoms. The van der Waals surface area contributed by atoms with Gasteiger partial charge in [-0.2, -0.15) is 0 Å². The Morgan fingerprint density at radius 3 is 2.76 bits per heavy atom. The van der Waals surface area contributed by atoms with Gasteiger partial charge in [-0.15, -0.1) is 0 Å². The molecule has 9 heteroatoms. The van der Waals surface area contributed by atoms with Gasteiger partial charge in [0.2, 0.25) is 5.91 Å². The largest absolute Gasteiger partial charge is 0.495 e. The number of methoxy groups -OCH3 is 1. The lowest BCUT2D eigenvalue weighted by Crippen LogP contribution is -2.28. The molecule has 1 aliphatic heterocycles. The van der Waals surface area contributed by atoms with Crippen LogP contribution < -0.4 is 14.4 Å². The van der Waals surface area contributed by atoms with Crippen LogP contribution in [0.5, 0.6) is 5.75 Å². The molecule has 3 fully saturated rings. The van der Waals surface area contributed by atoms with Gasteiger partial charge in [-0.1, -0.05) is 23.4 Å². The fourth-order valence-corrected chi connectivity index (χ4v) is 6.96. The standard InChI is InChI=1S/C25H23N3O5S/c1-32-20-4-2-3-5-21(20)34(30,31)27-24-17-13-25(8-9-25)18-7-6-15(12-16(18)23(17)33-26-24)28-19-10-14(19)11-22(28)29/h2-7,12,14,19H,8-11,13H2,1H3,(H,26,27)/t14-,19-/m0/s1. The Morgan fingerprint density at radius 1 is 1.21 bits per heavy atom. The summed E-state index contributed by atoms with van der Waals surface area (Å²) in [7, 11) is -2.50. The Bertz CT molecular complexity index is 1470. The normalized spacial score (nSPS) is 23.3. The predicted molar refractivity (Wildman–Crippen MR) is 124 cm³/mol. The molecule has 7 rings (SSSR count). The molecule has 2 atom stereocenters. The number of benzene rings is 2. The zero-order chi connectivity index (χ0) is 23.2. The van der Waals surface area contributed by atoms with Crippen LogP contribution in [0.3, 0.4) is 0 Å². The van der Waals surface area contributed by atoms with Crippen molar-refractivity contribution in [3.8, 4) is 17.1 Å². The minimum absolute atomic E-state index is 0.0336. The van der Waals surface area contributed by atoms with E-state index in [9.17, 15) is 13.2 Å². The number of hydrogen-bond acceptors (Lipinski definition) is 6. The van der Waals surface area contributed by atoms with E-state index in [-0.39, 0.29) is 27.8 Å². The summed E-state index contributed by atoms with van der Waals surface area (Å²) in [5, 5.41) is 4.13. The molecule has 2 aromatic carbocycles. The van der Waals surface area contributed by atoms with Crippen molar-refractivity contribution in [1.29, 1.82) is 0 Å². The van der Waals surface area contributed by atoms with Crippen LogP contribution in [0.1, 0.15) is 36.8 Å². The number of para-hydroxylation sites is 1. The third-order valence-corrected chi connectivity index (χ3v) is 9.14. The molecular weight excluding hydrogens is 454 g/mol. The van der Waals surface area contributed by atoms with Crippen LogP contribution >= 0.6 is 0 Å². The third kappa shape index (κ3) is 2.79. The van der Waals surface area contributed by atoms with Crippen LogP contribution in [0, 0.1) is 5.92 Å². The number of piperidine rings is 1. The van der Waals surface area contributed by atoms with Crippen molar-refractivity contribution in [2.24, 2.45) is 5.92 Å². The number of anilines is 2. The van der Waals surface area contributed by atoms with Crippen molar-refractivity contribution in [1.82, 2.24) is 5.16 Å². The number of amides is 1. The van der Waals surface area contributed by atoms with E-state index in [0.29, 0.717) is 30.6 Å². The predicted octanol–water partition coefficient (Wildman–Crippen LogP) is 3.86. The molecule has 2 saturated carbocycles. The maximum absolute atomic E-state index is 13.2. The lowest BCUT2D eigenvalue weighted by Gasteiger charge is -2.27. The van der Waals surface area contributed by atoms with Crippen molar-refractivity contribution in [2.45, 2.75) is 48.5 Å². The minimum Gasteiger partial charge on any atom is -0.495 e. The second-order valence-electron chi connectivity index (χ2n) is 9.81. The lowest BCUT2D eigenvalue weighted by atomic mass is 9.79. The summed E-state index contributed by atoms with van der Waals surface area (Å²) < 4.78 is 40.0. The van der Waals surface area contributed by atoms with Crippen LogP contribution in [-0.2, 0) is 26.7 Å². The van der Waals surface area contributed by atoms with E-state index in [4.69, 9.17) is 9.26 Å². The molecule has 1 saturated heterocycles. The molecular formula is C25H23N3O5S. The minimum atomic E-state index is -3.93. The highest BCUT2D eigenvalue weighted by molar-refractivity contribution is 7.92. The molecule has 1 N–H and O–H groups in total. The molecule has 3 aliphatic carbocycles. The SMILES string of the molecule is COc1ccccc1S(=O)(=O)Nc1noc2c1CC1(CC1)c1ccc(N3C(=O)C[C@@H]4C[C@@H]43)cc1-2. The van der Waals surface area contributed by atoms with Gasteiger partial charge in [-0.05, 0) is 61.4 Å². The lowest BCUT2D eigenvalue weighted by molar-refractivity contribution is -0.117. The van der Waals surface area contributed by atoms with Crippen molar-refractivity contribution < 1.29 is 22.5 Å². The molecule has 0 unspecified atom stereocenters. The van der Waals surface area contributed by atoms with Gasteiger partial charge in [0.05, 0.1) is 7.11 Å². The third-order valence-electron chi connectivity index (χ3n) is 7.77. The number of ether oxygens (including phenoxy) is 1. The molecule has 8 nitrogen and oxygen atoms in total. The van der Waals surface area contributed by atoms with Gasteiger partial charge in [-0.3, -0.25) is 9.52 Å². The first kappa shape index (κ1) is 20.1. The number of nitrogens with zero attached hydrogens (tertiary/aromatic N) is 2. The summed E-state index contributed by atoms with van der Waals surface area (Å²) in [4.78, 5) is 14.5. The molecule has 2 heterocycles. The van der Waals surface area contributed by atoms with Crippen LogP contribution in [0.15, 0.2) is 51.9 Å². The second kappa shape index (κ2) is 6.63. The van der Waals surface area contributed by atoms with Crippen molar-refractivity contribution in [3.05, 3.63) is 53.6 Å².